The minimum Gasteiger partial charge on any atom is -0.495 e. The van der Waals surface area contributed by atoms with Gasteiger partial charge < -0.3 is 25.6 Å². The number of aromatic nitrogens is 2. The zero-order valence-electron chi connectivity index (χ0n) is 19.1. The van der Waals surface area contributed by atoms with Gasteiger partial charge in [0.25, 0.3) is 5.91 Å². The second-order valence-electron chi connectivity index (χ2n) is 8.77. The number of rotatable bonds is 8. The fourth-order valence-electron chi connectivity index (χ4n) is 4.54. The molecule has 2 atom stereocenters. The van der Waals surface area contributed by atoms with Crippen LogP contribution < -0.4 is 25.6 Å². The Morgan fingerprint density at radius 1 is 1.26 bits per heavy atom. The average Bonchev–Trinajstić information content (AvgIpc) is 3.15. The summed E-state index contributed by atoms with van der Waals surface area (Å²) in [5.74, 6) is 3.69. The maximum absolute atomic E-state index is 13.0. The molecule has 1 saturated heterocycles. The number of amides is 1. The van der Waals surface area contributed by atoms with Gasteiger partial charge in [0.2, 0.25) is 5.95 Å². The fourth-order valence-corrected chi connectivity index (χ4v) is 4.82. The third-order valence-corrected chi connectivity index (χ3v) is 6.93. The number of hydrogen-bond donors (Lipinski definition) is 3. The molecule has 1 aliphatic carbocycles. The third-order valence-electron chi connectivity index (χ3n) is 6.64. The van der Waals surface area contributed by atoms with Crippen molar-refractivity contribution < 1.29 is 9.53 Å². The van der Waals surface area contributed by atoms with Gasteiger partial charge in [-0.15, -0.1) is 0 Å². The van der Waals surface area contributed by atoms with E-state index in [4.69, 9.17) is 21.3 Å². The zero-order valence-corrected chi connectivity index (χ0v) is 19.8. The number of aliphatic imine (C=N–C) groups is 1. The molecule has 3 N–H and O–H groups in total. The van der Waals surface area contributed by atoms with E-state index in [0.29, 0.717) is 53.6 Å². The summed E-state index contributed by atoms with van der Waals surface area (Å²) in [6, 6.07) is 5.59. The van der Waals surface area contributed by atoms with E-state index in [0.717, 1.165) is 30.5 Å². The first-order valence-electron chi connectivity index (χ1n) is 11.5. The highest BCUT2D eigenvalue weighted by atomic mass is 35.5. The molecule has 10 heteroatoms. The molecule has 2 fully saturated rings. The molecule has 9 nitrogen and oxygen atoms in total. The van der Waals surface area contributed by atoms with Crippen LogP contribution in [0.2, 0.25) is 5.02 Å². The normalized spacial score (nSPS) is 20.6. The van der Waals surface area contributed by atoms with Crippen molar-refractivity contribution in [3.63, 3.8) is 0 Å². The van der Waals surface area contributed by atoms with E-state index in [-0.39, 0.29) is 5.91 Å². The van der Waals surface area contributed by atoms with Crippen LogP contribution in [0.1, 0.15) is 28.8 Å². The third kappa shape index (κ3) is 4.79. The Labute approximate surface area is 203 Å². The summed E-state index contributed by atoms with van der Waals surface area (Å²) in [7, 11) is 1.59. The molecule has 0 bridgehead atoms. The van der Waals surface area contributed by atoms with Crippen LogP contribution in [0.15, 0.2) is 41.7 Å². The van der Waals surface area contributed by atoms with Crippen molar-refractivity contribution in [2.45, 2.75) is 19.4 Å². The Morgan fingerprint density at radius 2 is 2.09 bits per heavy atom. The number of nitrogens with one attached hydrogen (secondary N) is 3. The van der Waals surface area contributed by atoms with Crippen molar-refractivity contribution in [3.05, 3.63) is 52.8 Å². The number of hydrogen-bond acceptors (Lipinski definition) is 8. The molecule has 1 saturated carbocycles. The van der Waals surface area contributed by atoms with Crippen molar-refractivity contribution in [3.8, 4) is 5.75 Å². The van der Waals surface area contributed by atoms with E-state index in [1.54, 1.807) is 13.3 Å². The number of nitrogens with zero attached hydrogens (tertiary/aromatic N) is 4. The topological polar surface area (TPSA) is 104 Å². The minimum atomic E-state index is -0.262. The lowest BCUT2D eigenvalue weighted by atomic mass is 9.77. The van der Waals surface area contributed by atoms with Gasteiger partial charge in [0.1, 0.15) is 23.0 Å². The summed E-state index contributed by atoms with van der Waals surface area (Å²) < 4.78 is 5.23. The van der Waals surface area contributed by atoms with Gasteiger partial charge in [-0.3, -0.25) is 9.79 Å². The summed E-state index contributed by atoms with van der Waals surface area (Å²) in [5, 5.41) is 9.80. The number of amidine groups is 1. The summed E-state index contributed by atoms with van der Waals surface area (Å²) in [5.41, 5.74) is 1.33. The van der Waals surface area contributed by atoms with Gasteiger partial charge in [0, 0.05) is 32.0 Å². The predicted molar refractivity (Wildman–Crippen MR) is 133 cm³/mol. The highest BCUT2D eigenvalue weighted by Crippen LogP contribution is 2.41. The van der Waals surface area contributed by atoms with Gasteiger partial charge in [-0.1, -0.05) is 17.7 Å². The number of methoxy groups -OCH3 is 1. The highest BCUT2D eigenvalue weighted by Gasteiger charge is 2.40. The van der Waals surface area contributed by atoms with E-state index in [1.807, 2.05) is 30.5 Å². The van der Waals surface area contributed by atoms with E-state index in [9.17, 15) is 4.79 Å². The largest absolute Gasteiger partial charge is 0.495 e. The van der Waals surface area contributed by atoms with Crippen LogP contribution in [-0.2, 0) is 6.54 Å². The number of carbonyl (C=O) groups is 1. The Bertz CT molecular complexity index is 1120. The molecule has 0 radical (unpaired) electrons. The molecule has 1 aromatic carbocycles. The van der Waals surface area contributed by atoms with Crippen molar-refractivity contribution >= 4 is 35.1 Å². The lowest BCUT2D eigenvalue weighted by molar-refractivity contribution is 0.0959. The second kappa shape index (κ2) is 9.89. The molecule has 2 aromatic rings. The monoisotopic (exact) mass is 481 g/mol. The van der Waals surface area contributed by atoms with Gasteiger partial charge in [-0.05, 0) is 48.4 Å². The van der Waals surface area contributed by atoms with Gasteiger partial charge in [0.05, 0.1) is 25.2 Å². The first kappa shape index (κ1) is 22.5. The SMILES string of the molecule is COc1ccc(CNc2nc(N3CC4CCC4C3)ncc2C(=O)NCC2=NCC=CN2)cc1Cl. The maximum Gasteiger partial charge on any atom is 0.256 e. The molecule has 2 unspecified atom stereocenters. The highest BCUT2D eigenvalue weighted by molar-refractivity contribution is 6.32. The number of anilines is 2. The summed E-state index contributed by atoms with van der Waals surface area (Å²) in [4.78, 5) is 28.9. The quantitative estimate of drug-likeness (QED) is 0.532. The molecule has 5 rings (SSSR count). The maximum atomic E-state index is 13.0. The van der Waals surface area contributed by atoms with Gasteiger partial charge in [-0.25, -0.2) is 4.98 Å². The number of halogens is 1. The van der Waals surface area contributed by atoms with Crippen LogP contribution in [0.4, 0.5) is 11.8 Å². The van der Waals surface area contributed by atoms with Crippen molar-refractivity contribution in [1.82, 2.24) is 20.6 Å². The average molecular weight is 482 g/mol. The molecular formula is C24H28ClN7O2. The lowest BCUT2D eigenvalue weighted by Crippen LogP contribution is -2.36. The van der Waals surface area contributed by atoms with Crippen LogP contribution >= 0.6 is 11.6 Å². The number of benzene rings is 1. The van der Waals surface area contributed by atoms with Crippen LogP contribution in [-0.4, -0.2) is 55.0 Å². The summed E-state index contributed by atoms with van der Waals surface area (Å²) in [6.45, 7) is 3.30. The number of fused-ring (bicyclic) bond motifs is 1. The molecule has 1 amide bonds. The standard InChI is InChI=1S/C24H28ClN7O2/c1-34-20-6-3-15(9-19(20)25)10-28-22-18(23(33)29-12-21-26-7-2-8-27-21)11-30-24(31-22)32-13-16-4-5-17(16)14-32/h2-3,6-7,9,11,16-17H,4-5,8,10,12-14H2,1H3,(H,26,27)(H,29,33)(H,28,30,31). The van der Waals surface area contributed by atoms with Crippen LogP contribution in [0.5, 0.6) is 5.75 Å². The Kier molecular flexibility index (Phi) is 6.53. The van der Waals surface area contributed by atoms with E-state index in [1.165, 1.54) is 12.8 Å². The van der Waals surface area contributed by atoms with E-state index < -0.39 is 0 Å². The minimum absolute atomic E-state index is 0.262. The van der Waals surface area contributed by atoms with Crippen molar-refractivity contribution in [2.24, 2.45) is 16.8 Å². The van der Waals surface area contributed by atoms with E-state index in [2.05, 4.69) is 30.8 Å². The van der Waals surface area contributed by atoms with Crippen LogP contribution in [0, 0.1) is 11.8 Å². The molecule has 3 aliphatic rings. The summed E-state index contributed by atoms with van der Waals surface area (Å²) in [6.07, 6.45) is 7.89. The smallest absolute Gasteiger partial charge is 0.256 e. The second-order valence-corrected chi connectivity index (χ2v) is 9.18. The van der Waals surface area contributed by atoms with Crippen molar-refractivity contribution in [2.75, 3.05) is 43.5 Å². The molecule has 34 heavy (non-hydrogen) atoms. The lowest BCUT2D eigenvalue weighted by Gasteiger charge is -2.27. The van der Waals surface area contributed by atoms with Crippen LogP contribution in [0.25, 0.3) is 0 Å². The molecule has 1 aromatic heterocycles. The van der Waals surface area contributed by atoms with E-state index >= 15 is 0 Å². The predicted octanol–water partition coefficient (Wildman–Crippen LogP) is 2.84. The van der Waals surface area contributed by atoms with Crippen molar-refractivity contribution in [1.29, 1.82) is 0 Å². The molecule has 178 valence electrons. The van der Waals surface area contributed by atoms with Gasteiger partial charge >= 0.3 is 0 Å². The first-order valence-corrected chi connectivity index (χ1v) is 11.9. The Morgan fingerprint density at radius 3 is 2.76 bits per heavy atom. The number of ether oxygens (including phenoxy) is 1. The number of carbonyl (C=O) groups excluding carboxylic acids is 1. The molecule has 2 aliphatic heterocycles. The van der Waals surface area contributed by atoms with Crippen LogP contribution in [0.3, 0.4) is 0 Å². The van der Waals surface area contributed by atoms with Gasteiger partial charge in [-0.2, -0.15) is 4.98 Å². The first-order chi connectivity index (χ1) is 16.6. The molecule has 0 spiro atoms. The van der Waals surface area contributed by atoms with Gasteiger partial charge in [0.15, 0.2) is 0 Å². The Balaban J connectivity index is 1.34. The fraction of sp³-hybridized carbons (Fsp3) is 0.417. The summed E-state index contributed by atoms with van der Waals surface area (Å²) >= 11 is 6.28. The zero-order chi connectivity index (χ0) is 23.5. The molecule has 3 heterocycles. The molecular weight excluding hydrogens is 454 g/mol. The Hall–Kier alpha value is -3.33.